The molecule has 7 heteroatoms. The van der Waals surface area contributed by atoms with Crippen molar-refractivity contribution < 1.29 is 5.11 Å². The summed E-state index contributed by atoms with van der Waals surface area (Å²) in [6.07, 6.45) is 0. The minimum absolute atomic E-state index is 0.0592. The van der Waals surface area contributed by atoms with E-state index in [2.05, 4.69) is 0 Å². The lowest BCUT2D eigenvalue weighted by atomic mass is 10.3. The van der Waals surface area contributed by atoms with Crippen molar-refractivity contribution in [2.24, 2.45) is 0 Å². The fourth-order valence-corrected chi connectivity index (χ4v) is 2.16. The summed E-state index contributed by atoms with van der Waals surface area (Å²) in [4.78, 5) is 0. The van der Waals surface area contributed by atoms with Gasteiger partial charge in [0.1, 0.15) is 10.8 Å². The molecular formula is C12H8Cl5NO. The van der Waals surface area contributed by atoms with Crippen LogP contribution in [0.1, 0.15) is 0 Å². The molecule has 2 rings (SSSR count). The van der Waals surface area contributed by atoms with Crippen LogP contribution in [-0.2, 0) is 0 Å². The Hall–Kier alpha value is -0.510. The highest BCUT2D eigenvalue weighted by Gasteiger charge is 2.06. The van der Waals surface area contributed by atoms with Crippen LogP contribution in [0, 0.1) is 0 Å². The minimum atomic E-state index is -0.0592. The van der Waals surface area contributed by atoms with Crippen LogP contribution in [-0.4, -0.2) is 5.11 Å². The molecular weight excluding hydrogens is 351 g/mol. The third-order valence-electron chi connectivity index (χ3n) is 1.90. The number of nitrogens with two attached hydrogens (primary N) is 1. The molecule has 0 aliphatic heterocycles. The van der Waals surface area contributed by atoms with Gasteiger partial charge in [-0.25, -0.2) is 0 Å². The summed E-state index contributed by atoms with van der Waals surface area (Å²) < 4.78 is 0. The first kappa shape index (κ1) is 16.5. The highest BCUT2D eigenvalue weighted by atomic mass is 35.5. The average molecular weight is 359 g/mol. The zero-order valence-electron chi connectivity index (χ0n) is 9.30. The zero-order chi connectivity index (χ0) is 14.6. The summed E-state index contributed by atoms with van der Waals surface area (Å²) >= 11 is 27.8. The third-order valence-corrected chi connectivity index (χ3v) is 3.62. The first-order chi connectivity index (χ1) is 8.81. The van der Waals surface area contributed by atoms with Gasteiger partial charge in [0.05, 0.1) is 10.0 Å². The van der Waals surface area contributed by atoms with Gasteiger partial charge >= 0.3 is 0 Å². The van der Waals surface area contributed by atoms with Crippen molar-refractivity contribution in [3.05, 3.63) is 55.4 Å². The van der Waals surface area contributed by atoms with Crippen LogP contribution in [0.3, 0.4) is 0 Å². The van der Waals surface area contributed by atoms with Crippen LogP contribution < -0.4 is 5.73 Å². The van der Waals surface area contributed by atoms with E-state index in [9.17, 15) is 0 Å². The fourth-order valence-electron chi connectivity index (χ4n) is 1.09. The second kappa shape index (κ2) is 7.32. The number of nitrogen functional groups attached to an aromatic ring is 1. The van der Waals surface area contributed by atoms with Crippen LogP contribution >= 0.6 is 58.0 Å². The molecule has 0 atom stereocenters. The molecule has 0 amide bonds. The maximum Gasteiger partial charge on any atom is 0.135 e. The Balaban J connectivity index is 0.000000191. The molecule has 0 saturated carbocycles. The van der Waals surface area contributed by atoms with Crippen molar-refractivity contribution in [2.45, 2.75) is 0 Å². The van der Waals surface area contributed by atoms with Crippen molar-refractivity contribution in [3.8, 4) is 5.75 Å². The fraction of sp³-hybridized carbons (Fsp3) is 0. The number of rotatable bonds is 0. The number of hydrogen-bond acceptors (Lipinski definition) is 2. The highest BCUT2D eigenvalue weighted by Crippen LogP contribution is 2.35. The smallest absolute Gasteiger partial charge is 0.135 e. The van der Waals surface area contributed by atoms with Crippen LogP contribution in [0.4, 0.5) is 5.69 Å². The van der Waals surface area contributed by atoms with Crippen molar-refractivity contribution in [3.63, 3.8) is 0 Å². The maximum atomic E-state index is 8.95. The molecule has 0 saturated heterocycles. The molecule has 0 unspecified atom stereocenters. The topological polar surface area (TPSA) is 46.2 Å². The van der Waals surface area contributed by atoms with Gasteiger partial charge in [0, 0.05) is 15.7 Å². The average Bonchev–Trinajstić information content (AvgIpc) is 2.30. The molecule has 2 aromatic carbocycles. The first-order valence-corrected chi connectivity index (χ1v) is 6.74. The van der Waals surface area contributed by atoms with Gasteiger partial charge in [0.25, 0.3) is 0 Å². The molecule has 0 bridgehead atoms. The molecule has 2 aromatic rings. The van der Waals surface area contributed by atoms with E-state index in [1.807, 2.05) is 0 Å². The zero-order valence-corrected chi connectivity index (χ0v) is 13.1. The van der Waals surface area contributed by atoms with Gasteiger partial charge in [-0.05, 0) is 30.3 Å². The van der Waals surface area contributed by atoms with E-state index in [1.54, 1.807) is 18.2 Å². The molecule has 19 heavy (non-hydrogen) atoms. The monoisotopic (exact) mass is 357 g/mol. The van der Waals surface area contributed by atoms with Gasteiger partial charge in [-0.15, -0.1) is 0 Å². The van der Waals surface area contributed by atoms with E-state index in [0.717, 1.165) is 0 Å². The summed E-state index contributed by atoms with van der Waals surface area (Å²) in [6, 6.07) is 7.79. The van der Waals surface area contributed by atoms with Crippen molar-refractivity contribution >= 4 is 63.7 Å². The van der Waals surface area contributed by atoms with E-state index in [1.165, 1.54) is 12.1 Å². The Bertz CT molecular complexity index is 511. The second-order valence-electron chi connectivity index (χ2n) is 3.40. The van der Waals surface area contributed by atoms with Crippen molar-refractivity contribution in [2.75, 3.05) is 5.73 Å². The number of benzene rings is 2. The van der Waals surface area contributed by atoms with E-state index in [0.29, 0.717) is 20.8 Å². The first-order valence-electron chi connectivity index (χ1n) is 4.85. The van der Waals surface area contributed by atoms with Gasteiger partial charge in [-0.2, -0.15) is 0 Å². The number of phenols is 1. The molecule has 0 fully saturated rings. The van der Waals surface area contributed by atoms with Gasteiger partial charge < -0.3 is 10.8 Å². The number of aromatic hydroxyl groups is 1. The Morgan fingerprint density at radius 2 is 1.32 bits per heavy atom. The molecule has 0 heterocycles. The molecule has 3 N–H and O–H groups in total. The standard InChI is InChI=1S/C6H3Cl3O.C6H5Cl2N/c7-3-1-2-4(10)6(9)5(3)8;7-4-1-5(8)3-6(9)2-4/h1-2,10H;1-3H,9H2. The predicted molar refractivity (Wildman–Crippen MR) is 84.0 cm³/mol. The predicted octanol–water partition coefficient (Wildman–Crippen LogP) is 5.93. The molecule has 0 aliphatic carbocycles. The summed E-state index contributed by atoms with van der Waals surface area (Å²) in [5.74, 6) is -0.0592. The molecule has 0 spiro atoms. The van der Waals surface area contributed by atoms with E-state index >= 15 is 0 Å². The molecule has 0 aliphatic rings. The Morgan fingerprint density at radius 1 is 0.789 bits per heavy atom. The van der Waals surface area contributed by atoms with Crippen LogP contribution in [0.5, 0.6) is 5.75 Å². The lowest BCUT2D eigenvalue weighted by molar-refractivity contribution is 0.475. The molecule has 0 radical (unpaired) electrons. The summed E-state index contributed by atoms with van der Waals surface area (Å²) in [5, 5.41) is 10.7. The van der Waals surface area contributed by atoms with Crippen LogP contribution in [0.2, 0.25) is 25.1 Å². The van der Waals surface area contributed by atoms with Crippen molar-refractivity contribution in [1.82, 2.24) is 0 Å². The lowest BCUT2D eigenvalue weighted by Crippen LogP contribution is -1.82. The molecule has 2 nitrogen and oxygen atoms in total. The lowest BCUT2D eigenvalue weighted by Gasteiger charge is -1.99. The van der Waals surface area contributed by atoms with E-state index < -0.39 is 0 Å². The second-order valence-corrected chi connectivity index (χ2v) is 5.43. The summed E-state index contributed by atoms with van der Waals surface area (Å²) in [5.41, 5.74) is 5.98. The number of phenolic OH excluding ortho intramolecular Hbond substituents is 1. The van der Waals surface area contributed by atoms with Crippen LogP contribution in [0.15, 0.2) is 30.3 Å². The largest absolute Gasteiger partial charge is 0.506 e. The third kappa shape index (κ3) is 5.17. The minimum Gasteiger partial charge on any atom is -0.506 e. The van der Waals surface area contributed by atoms with Gasteiger partial charge in [-0.1, -0.05) is 58.0 Å². The van der Waals surface area contributed by atoms with Gasteiger partial charge in [0.15, 0.2) is 0 Å². The molecule has 0 aromatic heterocycles. The summed E-state index contributed by atoms with van der Waals surface area (Å²) in [7, 11) is 0. The Labute approximate surface area is 135 Å². The molecule has 102 valence electrons. The van der Waals surface area contributed by atoms with Gasteiger partial charge in [-0.3, -0.25) is 0 Å². The van der Waals surface area contributed by atoms with E-state index in [-0.39, 0.29) is 15.8 Å². The number of hydrogen-bond donors (Lipinski definition) is 2. The Morgan fingerprint density at radius 3 is 1.74 bits per heavy atom. The maximum absolute atomic E-state index is 8.95. The van der Waals surface area contributed by atoms with Crippen molar-refractivity contribution in [1.29, 1.82) is 0 Å². The quantitative estimate of drug-likeness (QED) is 0.452. The summed E-state index contributed by atoms with van der Waals surface area (Å²) in [6.45, 7) is 0. The van der Waals surface area contributed by atoms with Gasteiger partial charge in [0.2, 0.25) is 0 Å². The van der Waals surface area contributed by atoms with E-state index in [4.69, 9.17) is 68.8 Å². The Kier molecular flexibility index (Phi) is 6.37. The number of anilines is 1. The van der Waals surface area contributed by atoms with Crippen LogP contribution in [0.25, 0.3) is 0 Å². The number of halogens is 5. The highest BCUT2D eigenvalue weighted by molar-refractivity contribution is 6.48. The normalized spacial score (nSPS) is 9.74. The SMILES string of the molecule is Nc1cc(Cl)cc(Cl)c1.Oc1ccc(Cl)c(Cl)c1Cl.